The van der Waals surface area contributed by atoms with Gasteiger partial charge in [-0.2, -0.15) is 0 Å². The zero-order valence-corrected chi connectivity index (χ0v) is 20.5. The third-order valence-electron chi connectivity index (χ3n) is 6.89. The number of para-hydroxylation sites is 1. The summed E-state index contributed by atoms with van der Waals surface area (Å²) >= 11 is 0. The maximum absolute atomic E-state index is 13.5. The van der Waals surface area contributed by atoms with E-state index in [-0.39, 0.29) is 18.4 Å². The summed E-state index contributed by atoms with van der Waals surface area (Å²) in [5.41, 5.74) is 3.81. The zero-order valence-electron chi connectivity index (χ0n) is 20.5. The highest BCUT2D eigenvalue weighted by atomic mass is 16.5. The van der Waals surface area contributed by atoms with Crippen LogP contribution in [0.5, 0.6) is 0 Å². The number of hydrogen-bond donors (Lipinski definition) is 0. The van der Waals surface area contributed by atoms with E-state index in [1.807, 2.05) is 42.5 Å². The summed E-state index contributed by atoms with van der Waals surface area (Å²) in [7, 11) is 0. The molecule has 3 heterocycles. The molecular formula is C28H29N3O5. The van der Waals surface area contributed by atoms with Gasteiger partial charge in [0.15, 0.2) is 6.61 Å². The molecule has 1 aliphatic heterocycles. The smallest absolute Gasteiger partial charge is 0.339 e. The lowest BCUT2D eigenvalue weighted by Gasteiger charge is -2.34. The van der Waals surface area contributed by atoms with E-state index in [9.17, 15) is 14.4 Å². The number of nitrogens with zero attached hydrogens (tertiary/aromatic N) is 3. The molecule has 3 aromatic rings. The van der Waals surface area contributed by atoms with Crippen molar-refractivity contribution in [2.45, 2.75) is 26.7 Å². The molecule has 1 unspecified atom stereocenters. The first-order valence-corrected chi connectivity index (χ1v) is 12.3. The van der Waals surface area contributed by atoms with E-state index in [0.717, 1.165) is 34.4 Å². The second-order valence-electron chi connectivity index (χ2n) is 9.49. The molecule has 0 spiro atoms. The number of rotatable bonds is 4. The average molecular weight is 488 g/mol. The third kappa shape index (κ3) is 4.76. The van der Waals surface area contributed by atoms with Crippen LogP contribution in [0.3, 0.4) is 0 Å². The maximum atomic E-state index is 13.5. The number of fused-ring (bicyclic) bond motifs is 2. The number of benzene rings is 1. The van der Waals surface area contributed by atoms with Crippen LogP contribution in [0.1, 0.15) is 47.6 Å². The van der Waals surface area contributed by atoms with Crippen LogP contribution < -0.4 is 0 Å². The first-order valence-electron chi connectivity index (χ1n) is 12.3. The molecule has 2 aromatic heterocycles. The van der Waals surface area contributed by atoms with E-state index in [1.54, 1.807) is 16.1 Å². The minimum absolute atomic E-state index is 0.00226. The molecular weight excluding hydrogens is 458 g/mol. The zero-order chi connectivity index (χ0) is 25.2. The van der Waals surface area contributed by atoms with E-state index >= 15 is 0 Å². The molecule has 2 aliphatic rings. The number of piperazine rings is 1. The molecule has 0 saturated carbocycles. The van der Waals surface area contributed by atoms with Crippen molar-refractivity contribution in [3.8, 4) is 0 Å². The number of aromatic nitrogens is 1. The fraction of sp³-hybridized carbons (Fsp3) is 0.357. The highest BCUT2D eigenvalue weighted by molar-refractivity contribution is 6.07. The molecule has 186 valence electrons. The number of carbonyl (C=O) groups is 3. The molecule has 5 rings (SSSR count). The Morgan fingerprint density at radius 2 is 1.81 bits per heavy atom. The van der Waals surface area contributed by atoms with Gasteiger partial charge in [-0.05, 0) is 54.2 Å². The van der Waals surface area contributed by atoms with Crippen LogP contribution in [0.25, 0.3) is 22.6 Å². The molecule has 2 amide bonds. The van der Waals surface area contributed by atoms with E-state index in [0.29, 0.717) is 49.6 Å². The highest BCUT2D eigenvalue weighted by Gasteiger charge is 2.30. The van der Waals surface area contributed by atoms with Gasteiger partial charge in [0.1, 0.15) is 5.76 Å². The first-order chi connectivity index (χ1) is 17.4. The molecule has 1 atom stereocenters. The summed E-state index contributed by atoms with van der Waals surface area (Å²) in [5, 5.41) is 0.718. The normalized spacial score (nSPS) is 18.8. The van der Waals surface area contributed by atoms with Crippen molar-refractivity contribution >= 4 is 40.3 Å². The number of pyridine rings is 1. The van der Waals surface area contributed by atoms with Gasteiger partial charge in [-0.3, -0.25) is 9.59 Å². The van der Waals surface area contributed by atoms with E-state index in [1.165, 1.54) is 6.92 Å². The Labute approximate surface area is 209 Å². The molecule has 0 radical (unpaired) electrons. The van der Waals surface area contributed by atoms with Gasteiger partial charge in [-0.1, -0.05) is 25.1 Å². The van der Waals surface area contributed by atoms with Gasteiger partial charge >= 0.3 is 5.97 Å². The average Bonchev–Trinajstić information content (AvgIpc) is 3.39. The van der Waals surface area contributed by atoms with Gasteiger partial charge in [0, 0.05) is 38.5 Å². The topological polar surface area (TPSA) is 93.0 Å². The number of esters is 1. The Hall–Kier alpha value is -3.94. The van der Waals surface area contributed by atoms with Crippen molar-refractivity contribution in [1.82, 2.24) is 14.8 Å². The van der Waals surface area contributed by atoms with Crippen LogP contribution in [-0.4, -0.2) is 65.4 Å². The molecule has 1 aromatic carbocycles. The highest BCUT2D eigenvalue weighted by Crippen LogP contribution is 2.38. The number of amides is 2. The second-order valence-corrected chi connectivity index (χ2v) is 9.49. The fourth-order valence-electron chi connectivity index (χ4n) is 5.08. The lowest BCUT2D eigenvalue weighted by Crippen LogP contribution is -2.51. The van der Waals surface area contributed by atoms with Crippen LogP contribution in [-0.2, 0) is 20.7 Å². The van der Waals surface area contributed by atoms with Gasteiger partial charge in [0.2, 0.25) is 5.91 Å². The lowest BCUT2D eigenvalue weighted by molar-refractivity contribution is -0.140. The van der Waals surface area contributed by atoms with Crippen LogP contribution >= 0.6 is 0 Å². The van der Waals surface area contributed by atoms with Crippen molar-refractivity contribution in [3.63, 3.8) is 0 Å². The Bertz CT molecular complexity index is 1340. The van der Waals surface area contributed by atoms with Crippen LogP contribution in [0.2, 0.25) is 0 Å². The SMILES string of the molecule is CC(=O)N1CCN(C(=O)COC(=O)c2c3c(nc4ccccc24)C(=Cc2ccco2)CC(C)C3)CC1. The largest absolute Gasteiger partial charge is 0.465 e. The predicted molar refractivity (Wildman–Crippen MR) is 135 cm³/mol. The van der Waals surface area contributed by atoms with Gasteiger partial charge in [-0.15, -0.1) is 0 Å². The standard InChI is InChI=1S/C28H29N3O5/c1-18-14-20(16-21-6-5-13-35-21)27-23(15-18)26(22-7-3-4-8-24(22)29-27)28(34)36-17-25(33)31-11-9-30(10-12-31)19(2)32/h3-8,13,16,18H,9-12,14-15,17H2,1-2H3. The van der Waals surface area contributed by atoms with E-state index in [4.69, 9.17) is 14.1 Å². The van der Waals surface area contributed by atoms with Gasteiger partial charge < -0.3 is 19.0 Å². The van der Waals surface area contributed by atoms with Gasteiger partial charge in [0.25, 0.3) is 5.91 Å². The van der Waals surface area contributed by atoms with Crippen molar-refractivity contribution in [1.29, 1.82) is 0 Å². The monoisotopic (exact) mass is 487 g/mol. The number of furan rings is 1. The Morgan fingerprint density at radius 3 is 2.53 bits per heavy atom. The minimum Gasteiger partial charge on any atom is -0.465 e. The molecule has 1 aliphatic carbocycles. The number of hydrogen-bond acceptors (Lipinski definition) is 6. The maximum Gasteiger partial charge on any atom is 0.339 e. The fourth-order valence-corrected chi connectivity index (χ4v) is 5.08. The number of carbonyl (C=O) groups excluding carboxylic acids is 3. The lowest BCUT2D eigenvalue weighted by atomic mass is 9.81. The molecule has 0 N–H and O–H groups in total. The summed E-state index contributed by atoms with van der Waals surface area (Å²) in [6.45, 7) is 5.17. The molecule has 8 heteroatoms. The minimum atomic E-state index is -0.521. The first kappa shape index (κ1) is 23.8. The predicted octanol–water partition coefficient (Wildman–Crippen LogP) is 3.80. The molecule has 1 saturated heterocycles. The van der Waals surface area contributed by atoms with Gasteiger partial charge in [-0.25, -0.2) is 9.78 Å². The quantitative estimate of drug-likeness (QED) is 0.520. The van der Waals surface area contributed by atoms with Gasteiger partial charge in [0.05, 0.1) is 23.0 Å². The van der Waals surface area contributed by atoms with Crippen molar-refractivity contribution in [2.24, 2.45) is 5.92 Å². The summed E-state index contributed by atoms with van der Waals surface area (Å²) in [5.74, 6) is 0.252. The summed E-state index contributed by atoms with van der Waals surface area (Å²) in [4.78, 5) is 46.0. The molecule has 1 fully saturated rings. The number of allylic oxidation sites excluding steroid dienone is 1. The Kier molecular flexibility index (Phi) is 6.59. The Balaban J connectivity index is 1.43. The van der Waals surface area contributed by atoms with E-state index < -0.39 is 5.97 Å². The molecule has 36 heavy (non-hydrogen) atoms. The summed E-state index contributed by atoms with van der Waals surface area (Å²) in [6, 6.07) is 11.3. The van der Waals surface area contributed by atoms with Crippen LogP contribution in [0, 0.1) is 5.92 Å². The third-order valence-corrected chi connectivity index (χ3v) is 6.89. The second kappa shape index (κ2) is 9.97. The molecule has 0 bridgehead atoms. The van der Waals surface area contributed by atoms with Crippen LogP contribution in [0.15, 0.2) is 47.1 Å². The van der Waals surface area contributed by atoms with Crippen molar-refractivity contribution < 1.29 is 23.5 Å². The number of ether oxygens (including phenoxy) is 1. The van der Waals surface area contributed by atoms with Crippen molar-refractivity contribution in [2.75, 3.05) is 32.8 Å². The van der Waals surface area contributed by atoms with Crippen molar-refractivity contribution in [3.05, 3.63) is 65.2 Å². The molecule has 8 nitrogen and oxygen atoms in total. The Morgan fingerprint density at radius 1 is 1.06 bits per heavy atom. The summed E-state index contributed by atoms with van der Waals surface area (Å²) < 4.78 is 11.1. The van der Waals surface area contributed by atoms with Crippen LogP contribution in [0.4, 0.5) is 0 Å². The van der Waals surface area contributed by atoms with E-state index in [2.05, 4.69) is 6.92 Å². The summed E-state index contributed by atoms with van der Waals surface area (Å²) in [6.07, 6.45) is 5.12.